The van der Waals surface area contributed by atoms with Crippen molar-refractivity contribution >= 4 is 16.7 Å². The Balaban J connectivity index is 2.01. The van der Waals surface area contributed by atoms with Gasteiger partial charge in [0.25, 0.3) is 5.82 Å². The van der Waals surface area contributed by atoms with Crippen LogP contribution in [-0.4, -0.2) is 14.0 Å². The van der Waals surface area contributed by atoms with Gasteiger partial charge in [-0.2, -0.15) is 0 Å². The first-order valence-corrected chi connectivity index (χ1v) is 6.54. The summed E-state index contributed by atoms with van der Waals surface area (Å²) >= 11 is 0. The second-order valence-electron chi connectivity index (χ2n) is 5.12. The number of aromatic nitrogens is 4. The van der Waals surface area contributed by atoms with E-state index in [1.807, 2.05) is 47.1 Å². The minimum Gasteiger partial charge on any atom is -0.300 e. The normalized spacial score (nSPS) is 15.9. The number of fused-ring (bicyclic) bond motifs is 7. The van der Waals surface area contributed by atoms with Crippen molar-refractivity contribution in [2.45, 2.75) is 6.54 Å². The molecule has 0 bridgehead atoms. The van der Waals surface area contributed by atoms with Crippen LogP contribution in [-0.2, 0) is 13.5 Å². The fraction of sp³-hybridized carbons (Fsp3) is 0.125. The first-order valence-electron chi connectivity index (χ1n) is 8.04. The Labute approximate surface area is 119 Å². The summed E-state index contributed by atoms with van der Waals surface area (Å²) in [6, 6.07) is 9.80. The molecule has 1 aromatic carbocycles. The largest absolute Gasteiger partial charge is 0.300 e. The SMILES string of the molecule is [2H]C([2H])([2H])[n+]1c2n(c3cn4cccnc4c31)Cc1ccccc1-2. The lowest BCUT2D eigenvalue weighted by Crippen LogP contribution is -2.29. The molecule has 0 amide bonds. The van der Waals surface area contributed by atoms with E-state index in [4.69, 9.17) is 4.11 Å². The zero-order valence-electron chi connectivity index (χ0n) is 13.6. The molecule has 5 rings (SSSR count). The third-order valence-electron chi connectivity index (χ3n) is 4.06. The van der Waals surface area contributed by atoms with Crippen LogP contribution in [0, 0.1) is 0 Å². The fourth-order valence-electron chi connectivity index (χ4n) is 3.20. The lowest BCUT2D eigenvalue weighted by molar-refractivity contribution is -0.633. The van der Waals surface area contributed by atoms with E-state index in [-0.39, 0.29) is 0 Å². The molecular formula is C16H13N4+. The van der Waals surface area contributed by atoms with Gasteiger partial charge in [0.05, 0.1) is 22.8 Å². The number of rotatable bonds is 0. The maximum atomic E-state index is 8.04. The molecule has 0 radical (unpaired) electrons. The molecule has 0 unspecified atom stereocenters. The minimum absolute atomic E-state index is 0.662. The van der Waals surface area contributed by atoms with Crippen molar-refractivity contribution in [3.63, 3.8) is 0 Å². The molecule has 0 spiro atoms. The van der Waals surface area contributed by atoms with Gasteiger partial charge in [-0.05, 0) is 12.1 Å². The van der Waals surface area contributed by atoms with Crippen LogP contribution in [0.15, 0.2) is 48.9 Å². The van der Waals surface area contributed by atoms with Crippen molar-refractivity contribution in [2.24, 2.45) is 6.98 Å². The Morgan fingerprint density at radius 1 is 1.30 bits per heavy atom. The molecular weight excluding hydrogens is 248 g/mol. The van der Waals surface area contributed by atoms with E-state index in [1.165, 1.54) is 4.57 Å². The van der Waals surface area contributed by atoms with E-state index < -0.39 is 6.98 Å². The first-order chi connectivity index (χ1) is 11.1. The molecule has 4 heteroatoms. The molecule has 0 fully saturated rings. The van der Waals surface area contributed by atoms with Crippen molar-refractivity contribution in [2.75, 3.05) is 0 Å². The highest BCUT2D eigenvalue weighted by Gasteiger charge is 2.34. The maximum Gasteiger partial charge on any atom is 0.290 e. The summed E-state index contributed by atoms with van der Waals surface area (Å²) in [7, 11) is 0. The van der Waals surface area contributed by atoms with Crippen LogP contribution in [0.5, 0.6) is 0 Å². The molecule has 20 heavy (non-hydrogen) atoms. The summed E-state index contributed by atoms with van der Waals surface area (Å²) in [6.45, 7) is -1.59. The van der Waals surface area contributed by atoms with Gasteiger partial charge < -0.3 is 4.40 Å². The molecule has 0 atom stereocenters. The summed E-state index contributed by atoms with van der Waals surface area (Å²) in [5.41, 5.74) is 4.35. The lowest BCUT2D eigenvalue weighted by Gasteiger charge is -1.95. The average Bonchev–Trinajstić information content (AvgIpc) is 3.13. The van der Waals surface area contributed by atoms with Gasteiger partial charge in [-0.15, -0.1) is 0 Å². The van der Waals surface area contributed by atoms with Gasteiger partial charge in [-0.25, -0.2) is 14.1 Å². The highest BCUT2D eigenvalue weighted by Crippen LogP contribution is 2.34. The van der Waals surface area contributed by atoms with Crippen LogP contribution in [0.1, 0.15) is 9.68 Å². The second kappa shape index (κ2) is 3.28. The van der Waals surface area contributed by atoms with Crippen LogP contribution in [0.2, 0.25) is 0 Å². The third-order valence-corrected chi connectivity index (χ3v) is 4.06. The van der Waals surface area contributed by atoms with Crippen molar-refractivity contribution in [1.29, 1.82) is 0 Å². The molecule has 3 aromatic heterocycles. The topological polar surface area (TPSA) is 26.1 Å². The summed E-state index contributed by atoms with van der Waals surface area (Å²) in [4.78, 5) is 4.39. The number of hydrogen-bond acceptors (Lipinski definition) is 1. The maximum absolute atomic E-state index is 8.04. The Kier molecular flexibility index (Phi) is 1.29. The zero-order chi connectivity index (χ0) is 15.8. The Morgan fingerprint density at radius 2 is 2.25 bits per heavy atom. The number of imidazole rings is 1. The van der Waals surface area contributed by atoms with E-state index in [9.17, 15) is 0 Å². The number of hydrogen-bond donors (Lipinski definition) is 0. The van der Waals surface area contributed by atoms with Crippen molar-refractivity contribution in [3.05, 3.63) is 54.5 Å². The predicted octanol–water partition coefficient (Wildman–Crippen LogP) is 2.14. The van der Waals surface area contributed by atoms with Gasteiger partial charge in [-0.1, -0.05) is 18.2 Å². The molecule has 0 saturated carbocycles. The average molecular weight is 264 g/mol. The smallest absolute Gasteiger partial charge is 0.290 e. The molecule has 0 N–H and O–H groups in total. The Hall–Kier alpha value is -2.62. The summed E-state index contributed by atoms with van der Waals surface area (Å²) in [5, 5.41) is 0. The number of benzene rings is 1. The van der Waals surface area contributed by atoms with Crippen molar-refractivity contribution in [1.82, 2.24) is 14.0 Å². The summed E-state index contributed by atoms with van der Waals surface area (Å²) in [6.07, 6.45) is 5.53. The van der Waals surface area contributed by atoms with Gasteiger partial charge in [0, 0.05) is 18.0 Å². The molecule has 0 saturated heterocycles. The monoisotopic (exact) mass is 264 g/mol. The molecule has 4 nitrogen and oxygen atoms in total. The second-order valence-corrected chi connectivity index (χ2v) is 5.12. The molecule has 4 aromatic rings. The van der Waals surface area contributed by atoms with Crippen LogP contribution < -0.4 is 4.57 Å². The molecule has 96 valence electrons. The molecule has 1 aliphatic heterocycles. The highest BCUT2D eigenvalue weighted by molar-refractivity contribution is 5.89. The van der Waals surface area contributed by atoms with Crippen LogP contribution in [0.3, 0.4) is 0 Å². The molecule has 4 heterocycles. The van der Waals surface area contributed by atoms with Gasteiger partial charge in [0.1, 0.15) is 6.54 Å². The van der Waals surface area contributed by atoms with Crippen LogP contribution in [0.25, 0.3) is 28.1 Å². The third kappa shape index (κ3) is 1.04. The minimum atomic E-state index is -2.27. The van der Waals surface area contributed by atoms with Gasteiger partial charge in [-0.3, -0.25) is 0 Å². The number of nitrogens with zero attached hydrogens (tertiary/aromatic N) is 4. The Morgan fingerprint density at radius 3 is 3.20 bits per heavy atom. The first kappa shape index (κ1) is 7.85. The van der Waals surface area contributed by atoms with Crippen molar-refractivity contribution < 1.29 is 8.68 Å². The predicted molar refractivity (Wildman–Crippen MR) is 76.4 cm³/mol. The molecule has 1 aliphatic rings. The fourth-order valence-corrected chi connectivity index (χ4v) is 3.20. The van der Waals surface area contributed by atoms with E-state index in [2.05, 4.69) is 9.55 Å². The standard InChI is InChI=1S/C16H13N4/c1-18-14-13(10-19-8-4-7-17-15(14)19)20-9-11-5-2-3-6-12(11)16(18)20/h2-8,10H,9H2,1H3/q+1/i1D3. The summed E-state index contributed by atoms with van der Waals surface area (Å²) in [5.74, 6) is 0.735. The quantitative estimate of drug-likeness (QED) is 0.394. The van der Waals surface area contributed by atoms with Gasteiger partial charge >= 0.3 is 0 Å². The highest BCUT2D eigenvalue weighted by atomic mass is 15.2. The van der Waals surface area contributed by atoms with Crippen molar-refractivity contribution in [3.8, 4) is 11.4 Å². The van der Waals surface area contributed by atoms with E-state index in [0.717, 1.165) is 22.5 Å². The van der Waals surface area contributed by atoms with Gasteiger partial charge in [0.2, 0.25) is 5.52 Å². The Bertz CT molecular complexity index is 1090. The van der Waals surface area contributed by atoms with Gasteiger partial charge in [0.15, 0.2) is 11.2 Å². The van der Waals surface area contributed by atoms with E-state index in [1.54, 1.807) is 6.20 Å². The van der Waals surface area contributed by atoms with E-state index in [0.29, 0.717) is 17.7 Å². The van der Waals surface area contributed by atoms with Crippen LogP contribution >= 0.6 is 0 Å². The lowest BCUT2D eigenvalue weighted by atomic mass is 10.1. The summed E-state index contributed by atoms with van der Waals surface area (Å²) < 4.78 is 29.5. The van der Waals surface area contributed by atoms with Crippen LogP contribution in [0.4, 0.5) is 0 Å². The number of aryl methyl sites for hydroxylation is 1. The zero-order valence-corrected chi connectivity index (χ0v) is 10.6. The molecule has 0 aliphatic carbocycles. The van der Waals surface area contributed by atoms with E-state index >= 15 is 0 Å².